The van der Waals surface area contributed by atoms with Crippen LogP contribution in [-0.2, 0) is 5.41 Å². The zero-order chi connectivity index (χ0) is 50.6. The third kappa shape index (κ3) is 12.0. The summed E-state index contributed by atoms with van der Waals surface area (Å²) in [4.78, 5) is 2.95. The van der Waals surface area contributed by atoms with Gasteiger partial charge in [0.2, 0.25) is 0 Å². The van der Waals surface area contributed by atoms with E-state index in [4.69, 9.17) is 18.9 Å². The molecular weight excluding hydrogens is 1070 g/mol. The molecule has 0 saturated carbocycles. The Morgan fingerprint density at radius 3 is 1.29 bits per heavy atom. The molecule has 6 nitrogen and oxygen atoms in total. The molecule has 370 valence electrons. The van der Waals surface area contributed by atoms with Gasteiger partial charge in [0.1, 0.15) is 48.3 Å². The summed E-state index contributed by atoms with van der Waals surface area (Å²) in [7, 11) is 0. The lowest BCUT2D eigenvalue weighted by atomic mass is 9.70. The van der Waals surface area contributed by atoms with Crippen LogP contribution < -0.4 is 18.9 Å². The first kappa shape index (κ1) is 51.9. The van der Waals surface area contributed by atoms with Gasteiger partial charge in [0.25, 0.3) is 0 Å². The molecule has 9 rings (SSSR count). The van der Waals surface area contributed by atoms with Crippen LogP contribution in [0.15, 0.2) is 93.9 Å². The van der Waals surface area contributed by atoms with Crippen molar-refractivity contribution in [2.24, 2.45) is 0 Å². The summed E-state index contributed by atoms with van der Waals surface area (Å²) < 4.78 is 26.8. The van der Waals surface area contributed by atoms with Crippen LogP contribution in [0, 0.1) is 46.3 Å². The Balaban J connectivity index is 1.09. The summed E-state index contributed by atoms with van der Waals surface area (Å²) in [6.45, 7) is 6.22. The van der Waals surface area contributed by atoms with Crippen molar-refractivity contribution in [2.45, 2.75) is 109 Å². The standard InChI is InChI=1S/C63H58Br2N2O4S2/c1-3-5-7-9-11-13-31-63(32-14-12-10-8-6-4-2)53-39-45(21-29-55-57-59(70-35-33-68-57)61(72-55)47(41-66)37-43-15-23-49(64)24-16-43)19-27-51(53)52-28-20-46(40-54(52)63)22-30-56-58-60(71-36-34-69-58)62(73-56)48(42-67)38-44-17-25-50(65)26-18-44/h15-20,23-28,37-40H,3-14,31-36H2,1-2H3/b47-37+,48-38+. The molecule has 0 spiro atoms. The number of hydrogen-bond donors (Lipinski definition) is 0. The zero-order valence-electron chi connectivity index (χ0n) is 41.6. The van der Waals surface area contributed by atoms with Crippen LogP contribution in [0.4, 0.5) is 0 Å². The second kappa shape index (κ2) is 24.8. The largest absolute Gasteiger partial charge is 0.485 e. The van der Waals surface area contributed by atoms with Gasteiger partial charge >= 0.3 is 0 Å². The van der Waals surface area contributed by atoms with Gasteiger partial charge in [-0.25, -0.2) is 0 Å². The molecule has 0 unspecified atom stereocenters. The lowest BCUT2D eigenvalue weighted by Gasteiger charge is -2.33. The molecule has 0 saturated heterocycles. The van der Waals surface area contributed by atoms with Crippen LogP contribution >= 0.6 is 54.5 Å². The highest BCUT2D eigenvalue weighted by molar-refractivity contribution is 9.10. The Morgan fingerprint density at radius 1 is 0.507 bits per heavy atom. The van der Waals surface area contributed by atoms with Crippen LogP contribution in [0.3, 0.4) is 0 Å². The highest BCUT2D eigenvalue weighted by Gasteiger charge is 2.42. The number of allylic oxidation sites excluding steroid dienone is 2. The van der Waals surface area contributed by atoms with Gasteiger partial charge in [0.15, 0.2) is 23.0 Å². The van der Waals surface area contributed by atoms with Crippen LogP contribution in [0.1, 0.15) is 157 Å². The minimum Gasteiger partial charge on any atom is -0.485 e. The Bertz CT molecular complexity index is 3020. The number of unbranched alkanes of at least 4 members (excludes halogenated alkanes) is 10. The third-order valence-electron chi connectivity index (χ3n) is 13.8. The predicted octanol–water partition coefficient (Wildman–Crippen LogP) is 17.6. The maximum absolute atomic E-state index is 10.4. The summed E-state index contributed by atoms with van der Waals surface area (Å²) in [6.07, 6.45) is 20.6. The molecule has 10 heteroatoms. The fourth-order valence-corrected chi connectivity index (χ4v) is 12.7. The predicted molar refractivity (Wildman–Crippen MR) is 306 cm³/mol. The molecule has 0 bridgehead atoms. The normalized spacial score (nSPS) is 13.9. The van der Waals surface area contributed by atoms with Gasteiger partial charge in [-0.15, -0.1) is 22.7 Å². The summed E-state index contributed by atoms with van der Waals surface area (Å²) >= 11 is 9.94. The average molecular weight is 1130 g/mol. The first-order chi connectivity index (χ1) is 35.8. The van der Waals surface area contributed by atoms with Crippen molar-refractivity contribution >= 4 is 77.8 Å². The van der Waals surface area contributed by atoms with E-state index in [1.54, 1.807) is 0 Å². The highest BCUT2D eigenvalue weighted by Crippen LogP contribution is 2.55. The molecule has 4 heterocycles. The number of hydrogen-bond acceptors (Lipinski definition) is 8. The highest BCUT2D eigenvalue weighted by atomic mass is 79.9. The van der Waals surface area contributed by atoms with E-state index in [2.05, 4.69) is 118 Å². The maximum Gasteiger partial charge on any atom is 0.188 e. The van der Waals surface area contributed by atoms with Crippen molar-refractivity contribution < 1.29 is 18.9 Å². The number of halogens is 2. The van der Waals surface area contributed by atoms with Gasteiger partial charge in [-0.2, -0.15) is 10.5 Å². The Kier molecular flexibility index (Phi) is 17.7. The van der Waals surface area contributed by atoms with E-state index in [1.165, 1.54) is 109 Å². The molecular formula is C63H58Br2N2O4S2. The average Bonchev–Trinajstić information content (AvgIpc) is 4.07. The van der Waals surface area contributed by atoms with Crippen LogP contribution in [0.2, 0.25) is 0 Å². The van der Waals surface area contributed by atoms with Crippen LogP contribution in [0.5, 0.6) is 23.0 Å². The molecule has 0 atom stereocenters. The Labute approximate surface area is 456 Å². The SMILES string of the molecule is CCCCCCCCC1(CCCCCCCC)c2cc(C#Cc3sc(/C(C#N)=C/c4ccc(Br)cc4)c4c3OCCO4)ccc2-c2ccc(C#Cc3sc(/C(C#N)=C/c4ccc(Br)cc4)c4c3OCCO4)cc21. The quantitative estimate of drug-likeness (QED) is 0.0484. The molecule has 2 aliphatic heterocycles. The van der Waals surface area contributed by atoms with Gasteiger partial charge in [-0.1, -0.05) is 171 Å². The van der Waals surface area contributed by atoms with Crippen molar-refractivity contribution in [3.8, 4) is 69.9 Å². The second-order valence-electron chi connectivity index (χ2n) is 18.8. The van der Waals surface area contributed by atoms with E-state index in [-0.39, 0.29) is 5.41 Å². The number of nitrogens with zero attached hydrogens (tertiary/aromatic N) is 2. The van der Waals surface area contributed by atoms with E-state index in [0.29, 0.717) is 60.6 Å². The maximum atomic E-state index is 10.4. The third-order valence-corrected chi connectivity index (χ3v) is 17.1. The number of fused-ring (bicyclic) bond motifs is 5. The lowest BCUT2D eigenvalue weighted by Crippen LogP contribution is -2.26. The lowest BCUT2D eigenvalue weighted by molar-refractivity contribution is 0.173. The molecule has 1 aliphatic carbocycles. The molecule has 2 aromatic heterocycles. The first-order valence-electron chi connectivity index (χ1n) is 25.8. The van der Waals surface area contributed by atoms with Gasteiger partial charge in [-0.05, 0) is 119 Å². The summed E-state index contributed by atoms with van der Waals surface area (Å²) in [6, 6.07) is 34.2. The molecule has 4 aromatic carbocycles. The molecule has 73 heavy (non-hydrogen) atoms. The second-order valence-corrected chi connectivity index (χ2v) is 22.7. The van der Waals surface area contributed by atoms with Gasteiger partial charge in [-0.3, -0.25) is 0 Å². The Morgan fingerprint density at radius 2 is 0.890 bits per heavy atom. The summed E-state index contributed by atoms with van der Waals surface area (Å²) in [5, 5.41) is 20.8. The topological polar surface area (TPSA) is 84.5 Å². The van der Waals surface area contributed by atoms with E-state index >= 15 is 0 Å². The Hall–Kier alpha value is -5.98. The molecule has 6 aromatic rings. The number of benzene rings is 4. The van der Waals surface area contributed by atoms with E-state index in [0.717, 1.165) is 76.4 Å². The molecule has 0 amide bonds. The number of nitriles is 2. The molecule has 0 N–H and O–H groups in total. The van der Waals surface area contributed by atoms with Crippen molar-refractivity contribution in [2.75, 3.05) is 26.4 Å². The molecule has 3 aliphatic rings. The number of thiophene rings is 2. The van der Waals surface area contributed by atoms with Crippen molar-refractivity contribution in [1.29, 1.82) is 10.5 Å². The number of ether oxygens (including phenoxy) is 4. The monoisotopic (exact) mass is 1130 g/mol. The van der Waals surface area contributed by atoms with E-state index in [1.807, 2.05) is 60.7 Å². The van der Waals surface area contributed by atoms with Crippen LogP contribution in [0.25, 0.3) is 34.4 Å². The smallest absolute Gasteiger partial charge is 0.188 e. The van der Waals surface area contributed by atoms with E-state index in [9.17, 15) is 10.5 Å². The van der Waals surface area contributed by atoms with E-state index < -0.39 is 0 Å². The fraction of sp³-hybridized carbons (Fsp3) is 0.333. The van der Waals surface area contributed by atoms with Crippen molar-refractivity contribution in [1.82, 2.24) is 0 Å². The minimum atomic E-state index is -0.215. The van der Waals surface area contributed by atoms with Crippen LogP contribution in [-0.4, -0.2) is 26.4 Å². The minimum absolute atomic E-state index is 0.215. The van der Waals surface area contributed by atoms with Gasteiger partial charge in [0.05, 0.1) is 20.9 Å². The van der Waals surface area contributed by atoms with Crippen molar-refractivity contribution in [3.63, 3.8) is 0 Å². The van der Waals surface area contributed by atoms with Gasteiger partial charge < -0.3 is 18.9 Å². The van der Waals surface area contributed by atoms with Crippen molar-refractivity contribution in [3.05, 3.63) is 147 Å². The summed E-state index contributed by atoms with van der Waals surface area (Å²) in [5.41, 5.74) is 9.78. The molecule has 0 radical (unpaired) electrons. The first-order valence-corrected chi connectivity index (χ1v) is 29.0. The number of rotatable bonds is 18. The fourth-order valence-electron chi connectivity index (χ4n) is 10.2. The molecule has 0 fully saturated rings. The zero-order valence-corrected chi connectivity index (χ0v) is 46.4. The summed E-state index contributed by atoms with van der Waals surface area (Å²) in [5.74, 6) is 16.5. The van der Waals surface area contributed by atoms with Gasteiger partial charge in [0, 0.05) is 25.5 Å².